The zero-order valence-electron chi connectivity index (χ0n) is 17.3. The number of amides is 1. The van der Waals surface area contributed by atoms with Crippen molar-refractivity contribution in [3.63, 3.8) is 0 Å². The van der Waals surface area contributed by atoms with Gasteiger partial charge in [-0.05, 0) is 44.7 Å². The Morgan fingerprint density at radius 2 is 2.04 bits per heavy atom. The van der Waals surface area contributed by atoms with Gasteiger partial charge in [-0.25, -0.2) is 4.98 Å². The van der Waals surface area contributed by atoms with E-state index in [9.17, 15) is 4.79 Å². The van der Waals surface area contributed by atoms with E-state index in [0.717, 1.165) is 18.5 Å². The molecule has 1 saturated carbocycles. The first kappa shape index (κ1) is 20.7. The van der Waals surface area contributed by atoms with Crippen LogP contribution in [-0.2, 0) is 4.74 Å². The van der Waals surface area contributed by atoms with Gasteiger partial charge in [0, 0.05) is 38.5 Å². The molecule has 0 radical (unpaired) electrons. The van der Waals surface area contributed by atoms with Crippen LogP contribution in [-0.4, -0.2) is 55.1 Å². The molecule has 2 heterocycles. The van der Waals surface area contributed by atoms with E-state index in [1.54, 1.807) is 20.2 Å². The number of pyridine rings is 1. The molecule has 0 bridgehead atoms. The van der Waals surface area contributed by atoms with Crippen molar-refractivity contribution in [2.24, 2.45) is 0 Å². The second kappa shape index (κ2) is 9.47. The third kappa shape index (κ3) is 5.08. The Bertz CT molecular complexity index is 702. The highest BCUT2D eigenvalue weighted by Gasteiger charge is 2.33. The number of piperidine rings is 1. The molecule has 7 heteroatoms. The first-order valence-corrected chi connectivity index (χ1v) is 10.3. The number of methoxy groups -OCH3 is 1. The fraction of sp³-hybridized carbons (Fsp3) is 0.667. The third-order valence-corrected chi connectivity index (χ3v) is 5.77. The van der Waals surface area contributed by atoms with Gasteiger partial charge in [-0.1, -0.05) is 19.3 Å². The number of nitrogens with zero attached hydrogens (tertiary/aromatic N) is 2. The Labute approximate surface area is 167 Å². The van der Waals surface area contributed by atoms with Gasteiger partial charge in [-0.2, -0.15) is 0 Å². The second-order valence-electron chi connectivity index (χ2n) is 8.08. The Hall–Kier alpha value is -1.99. The zero-order valence-corrected chi connectivity index (χ0v) is 17.3. The van der Waals surface area contributed by atoms with Crippen molar-refractivity contribution >= 4 is 17.6 Å². The minimum Gasteiger partial charge on any atom is -0.378 e. The van der Waals surface area contributed by atoms with Crippen LogP contribution in [0.3, 0.4) is 0 Å². The summed E-state index contributed by atoms with van der Waals surface area (Å²) in [4.78, 5) is 19.3. The Morgan fingerprint density at radius 1 is 1.29 bits per heavy atom. The molecule has 1 saturated heterocycles. The lowest BCUT2D eigenvalue weighted by Gasteiger charge is -2.41. The molecule has 2 fully saturated rings. The molecule has 2 aliphatic rings. The summed E-state index contributed by atoms with van der Waals surface area (Å²) < 4.78 is 5.82. The van der Waals surface area contributed by atoms with Crippen molar-refractivity contribution in [2.75, 3.05) is 25.1 Å². The average Bonchev–Trinajstić information content (AvgIpc) is 2.68. The van der Waals surface area contributed by atoms with Gasteiger partial charge in [-0.15, -0.1) is 0 Å². The zero-order chi connectivity index (χ0) is 20.1. The molecule has 0 aromatic carbocycles. The van der Waals surface area contributed by atoms with E-state index in [-0.39, 0.29) is 17.8 Å². The van der Waals surface area contributed by atoms with Crippen LogP contribution >= 0.6 is 0 Å². The van der Waals surface area contributed by atoms with Crippen LogP contribution < -0.4 is 15.5 Å². The van der Waals surface area contributed by atoms with Crippen LogP contribution in [0.5, 0.6) is 0 Å². The SMILES string of the molecule is COC1CN(c2ncc(C)cc2C(=O)NC(C)=N)CCC1NC1CCCCC1. The first-order chi connectivity index (χ1) is 13.5. The maximum Gasteiger partial charge on any atom is 0.260 e. The van der Waals surface area contributed by atoms with Gasteiger partial charge < -0.3 is 20.3 Å². The van der Waals surface area contributed by atoms with Crippen molar-refractivity contribution in [3.8, 4) is 0 Å². The smallest absolute Gasteiger partial charge is 0.260 e. The van der Waals surface area contributed by atoms with Gasteiger partial charge in [-0.3, -0.25) is 10.2 Å². The molecule has 3 N–H and O–H groups in total. The molecule has 28 heavy (non-hydrogen) atoms. The van der Waals surface area contributed by atoms with Crippen molar-refractivity contribution in [1.29, 1.82) is 5.41 Å². The predicted molar refractivity (Wildman–Crippen MR) is 111 cm³/mol. The normalized spacial score (nSPS) is 23.5. The van der Waals surface area contributed by atoms with E-state index in [0.29, 0.717) is 30.0 Å². The summed E-state index contributed by atoms with van der Waals surface area (Å²) in [5.41, 5.74) is 1.44. The van der Waals surface area contributed by atoms with E-state index in [1.807, 2.05) is 13.0 Å². The van der Waals surface area contributed by atoms with Crippen molar-refractivity contribution in [2.45, 2.75) is 70.6 Å². The number of carbonyl (C=O) groups excluding carboxylic acids is 1. The number of anilines is 1. The molecule has 1 aromatic heterocycles. The lowest BCUT2D eigenvalue weighted by molar-refractivity contribution is 0.0533. The van der Waals surface area contributed by atoms with Gasteiger partial charge >= 0.3 is 0 Å². The molecule has 1 aliphatic carbocycles. The minimum absolute atomic E-state index is 0.0548. The van der Waals surface area contributed by atoms with E-state index in [2.05, 4.69) is 20.5 Å². The van der Waals surface area contributed by atoms with Crippen molar-refractivity contribution in [1.82, 2.24) is 15.6 Å². The summed E-state index contributed by atoms with van der Waals surface area (Å²) in [7, 11) is 1.76. The van der Waals surface area contributed by atoms with E-state index < -0.39 is 0 Å². The molecule has 1 amide bonds. The number of hydrogen-bond acceptors (Lipinski definition) is 6. The first-order valence-electron chi connectivity index (χ1n) is 10.3. The topological polar surface area (TPSA) is 90.3 Å². The monoisotopic (exact) mass is 387 g/mol. The van der Waals surface area contributed by atoms with Gasteiger partial charge in [0.05, 0.1) is 17.5 Å². The molecule has 3 rings (SSSR count). The highest BCUT2D eigenvalue weighted by molar-refractivity contribution is 6.07. The molecule has 0 spiro atoms. The molecule has 2 atom stereocenters. The lowest BCUT2D eigenvalue weighted by Crippen LogP contribution is -2.56. The van der Waals surface area contributed by atoms with Crippen molar-refractivity contribution in [3.05, 3.63) is 23.4 Å². The second-order valence-corrected chi connectivity index (χ2v) is 8.08. The number of aromatic nitrogens is 1. The van der Waals surface area contributed by atoms with Crippen LogP contribution in [0, 0.1) is 12.3 Å². The van der Waals surface area contributed by atoms with Crippen molar-refractivity contribution < 1.29 is 9.53 Å². The quantitative estimate of drug-likeness (QED) is 0.534. The van der Waals surface area contributed by atoms with Crippen LogP contribution in [0.15, 0.2) is 12.3 Å². The highest BCUT2D eigenvalue weighted by atomic mass is 16.5. The van der Waals surface area contributed by atoms with Crippen LogP contribution in [0.25, 0.3) is 0 Å². The predicted octanol–water partition coefficient (Wildman–Crippen LogP) is 2.63. The average molecular weight is 388 g/mol. The third-order valence-electron chi connectivity index (χ3n) is 5.77. The summed E-state index contributed by atoms with van der Waals surface area (Å²) >= 11 is 0. The fourth-order valence-electron chi connectivity index (χ4n) is 4.33. The summed E-state index contributed by atoms with van der Waals surface area (Å²) in [6.07, 6.45) is 9.28. The molecule has 1 aromatic rings. The lowest BCUT2D eigenvalue weighted by atomic mass is 9.92. The Morgan fingerprint density at radius 3 is 2.71 bits per heavy atom. The number of nitrogens with one attached hydrogen (secondary N) is 3. The minimum atomic E-state index is -0.282. The van der Waals surface area contributed by atoms with Crippen LogP contribution in [0.2, 0.25) is 0 Å². The number of hydrogen-bond donors (Lipinski definition) is 3. The van der Waals surface area contributed by atoms with Crippen LogP contribution in [0.4, 0.5) is 5.82 Å². The highest BCUT2D eigenvalue weighted by Crippen LogP contribution is 2.26. The number of amidine groups is 1. The fourth-order valence-corrected chi connectivity index (χ4v) is 4.33. The summed E-state index contributed by atoms with van der Waals surface area (Å²) in [6.45, 7) is 5.00. The molecular weight excluding hydrogens is 354 g/mol. The van der Waals surface area contributed by atoms with Gasteiger partial charge in [0.1, 0.15) is 5.82 Å². The number of carbonyl (C=O) groups is 1. The van der Waals surface area contributed by atoms with Gasteiger partial charge in [0.2, 0.25) is 0 Å². The molecule has 2 unspecified atom stereocenters. The van der Waals surface area contributed by atoms with E-state index in [4.69, 9.17) is 10.1 Å². The summed E-state index contributed by atoms with van der Waals surface area (Å²) in [5, 5.41) is 14.0. The number of aryl methyl sites for hydroxylation is 1. The Kier molecular flexibility index (Phi) is 7.02. The van der Waals surface area contributed by atoms with Gasteiger partial charge in [0.25, 0.3) is 5.91 Å². The van der Waals surface area contributed by atoms with Gasteiger partial charge in [0.15, 0.2) is 0 Å². The van der Waals surface area contributed by atoms with Crippen LogP contribution in [0.1, 0.15) is 61.4 Å². The Balaban J connectivity index is 1.73. The van der Waals surface area contributed by atoms with E-state index in [1.165, 1.54) is 32.1 Å². The summed E-state index contributed by atoms with van der Waals surface area (Å²) in [5.74, 6) is 0.514. The standard InChI is InChI=1S/C21H33N5O2/c1-14-11-17(21(27)24-15(2)22)20(23-12-14)26-10-9-18(19(13-26)28-3)25-16-7-5-4-6-8-16/h11-12,16,18-19,25H,4-10,13H2,1-3H3,(H2,22,24,27). The number of ether oxygens (including phenoxy) is 1. The molecule has 7 nitrogen and oxygen atoms in total. The molecule has 154 valence electrons. The summed E-state index contributed by atoms with van der Waals surface area (Å²) in [6, 6.07) is 2.77. The molecular formula is C21H33N5O2. The maximum absolute atomic E-state index is 12.6. The van der Waals surface area contributed by atoms with E-state index >= 15 is 0 Å². The number of rotatable bonds is 5. The maximum atomic E-state index is 12.6. The largest absolute Gasteiger partial charge is 0.378 e. The molecule has 1 aliphatic heterocycles.